The minimum absolute atomic E-state index is 0.185. The summed E-state index contributed by atoms with van der Waals surface area (Å²) in [6.07, 6.45) is 0. The van der Waals surface area contributed by atoms with Gasteiger partial charge in [0, 0.05) is 8.95 Å². The first-order valence-corrected chi connectivity index (χ1v) is 4.31. The Morgan fingerprint density at radius 3 is 2.20 bits per heavy atom. The van der Waals surface area contributed by atoms with Crippen LogP contribution in [0.4, 0.5) is 4.39 Å². The maximum atomic E-state index is 12.7. The second-order valence-electron chi connectivity index (χ2n) is 2.02. The van der Waals surface area contributed by atoms with Gasteiger partial charge in [0.1, 0.15) is 5.82 Å². The normalized spacial score (nSPS) is 10.0. The second-order valence-corrected chi connectivity index (χ2v) is 3.72. The van der Waals surface area contributed by atoms with Crippen molar-refractivity contribution < 1.29 is 4.39 Å². The van der Waals surface area contributed by atoms with E-state index in [1.807, 2.05) is 0 Å². The van der Waals surface area contributed by atoms with Crippen molar-refractivity contribution in [3.63, 3.8) is 0 Å². The minimum Gasteiger partial charge on any atom is -0.207 e. The van der Waals surface area contributed by atoms with Crippen molar-refractivity contribution >= 4 is 31.9 Å². The van der Waals surface area contributed by atoms with E-state index in [-0.39, 0.29) is 5.82 Å². The summed E-state index contributed by atoms with van der Waals surface area (Å²) in [4.78, 5) is 0. The van der Waals surface area contributed by atoms with Crippen molar-refractivity contribution in [2.24, 2.45) is 0 Å². The van der Waals surface area contributed by atoms with Crippen LogP contribution in [0.15, 0.2) is 21.1 Å². The van der Waals surface area contributed by atoms with Crippen LogP contribution in [0.5, 0.6) is 0 Å². The Morgan fingerprint density at radius 2 is 1.70 bits per heavy atom. The smallest absolute Gasteiger partial charge is 0.127 e. The summed E-state index contributed by atoms with van der Waals surface area (Å²) in [5.74, 6) is -0.185. The molecule has 0 nitrogen and oxygen atoms in total. The summed E-state index contributed by atoms with van der Waals surface area (Å²) in [5, 5.41) is 0. The topological polar surface area (TPSA) is 0 Å². The molecule has 0 fully saturated rings. The molecule has 0 heterocycles. The lowest BCUT2D eigenvalue weighted by Crippen LogP contribution is -1.81. The fourth-order valence-corrected chi connectivity index (χ4v) is 1.40. The van der Waals surface area contributed by atoms with Gasteiger partial charge in [0.05, 0.1) is 0 Å². The molecule has 0 amide bonds. The summed E-state index contributed by atoms with van der Waals surface area (Å²) in [7, 11) is 0. The molecule has 0 N–H and O–H groups in total. The van der Waals surface area contributed by atoms with Gasteiger partial charge in [-0.25, -0.2) is 4.39 Å². The maximum Gasteiger partial charge on any atom is 0.127 e. The van der Waals surface area contributed by atoms with E-state index in [4.69, 9.17) is 0 Å². The van der Waals surface area contributed by atoms with E-state index in [2.05, 4.69) is 31.9 Å². The maximum absolute atomic E-state index is 12.7. The largest absolute Gasteiger partial charge is 0.207 e. The molecule has 0 aliphatic heterocycles. The van der Waals surface area contributed by atoms with Gasteiger partial charge >= 0.3 is 0 Å². The first-order valence-electron chi connectivity index (χ1n) is 2.72. The molecule has 0 spiro atoms. The van der Waals surface area contributed by atoms with Crippen molar-refractivity contribution in [2.45, 2.75) is 6.92 Å². The zero-order chi connectivity index (χ0) is 7.72. The van der Waals surface area contributed by atoms with Crippen LogP contribution in [0.25, 0.3) is 0 Å². The number of rotatable bonds is 0. The quantitative estimate of drug-likeness (QED) is 0.630. The van der Waals surface area contributed by atoms with E-state index >= 15 is 0 Å². The molecule has 0 radical (unpaired) electrons. The zero-order valence-electron chi connectivity index (χ0n) is 5.29. The van der Waals surface area contributed by atoms with Gasteiger partial charge in [-0.3, -0.25) is 0 Å². The molecule has 0 saturated heterocycles. The number of halogens is 3. The van der Waals surface area contributed by atoms with E-state index in [9.17, 15) is 4.39 Å². The summed E-state index contributed by atoms with van der Waals surface area (Å²) in [6, 6.07) is 3.18. The van der Waals surface area contributed by atoms with E-state index in [0.29, 0.717) is 5.56 Å². The van der Waals surface area contributed by atoms with Gasteiger partial charge in [-0.05, 0) is 56.5 Å². The Bertz CT molecular complexity index is 208. The minimum atomic E-state index is -0.185. The van der Waals surface area contributed by atoms with Crippen LogP contribution in [-0.4, -0.2) is 0 Å². The first kappa shape index (κ1) is 8.21. The molecular formula is C7H5Br2F. The van der Waals surface area contributed by atoms with Crippen molar-refractivity contribution in [3.05, 3.63) is 32.5 Å². The average Bonchev–Trinajstić information content (AvgIpc) is 1.84. The Hall–Kier alpha value is 0.110. The Morgan fingerprint density at radius 1 is 1.20 bits per heavy atom. The summed E-state index contributed by atoms with van der Waals surface area (Å²) < 4.78 is 14.3. The highest BCUT2D eigenvalue weighted by Gasteiger charge is 2.01. The van der Waals surface area contributed by atoms with Gasteiger partial charge in [-0.1, -0.05) is 0 Å². The molecule has 0 unspecified atom stereocenters. The van der Waals surface area contributed by atoms with Gasteiger partial charge in [0.2, 0.25) is 0 Å². The molecular weight excluding hydrogens is 263 g/mol. The third-order valence-corrected chi connectivity index (χ3v) is 3.05. The van der Waals surface area contributed by atoms with Crippen LogP contribution < -0.4 is 0 Å². The lowest BCUT2D eigenvalue weighted by atomic mass is 10.2. The second kappa shape index (κ2) is 3.01. The zero-order valence-corrected chi connectivity index (χ0v) is 8.46. The molecule has 0 aliphatic carbocycles. The van der Waals surface area contributed by atoms with E-state index < -0.39 is 0 Å². The van der Waals surface area contributed by atoms with Gasteiger partial charge in [0.15, 0.2) is 0 Å². The predicted molar refractivity (Wildman–Crippen MR) is 46.5 cm³/mol. The Balaban J connectivity index is 3.28. The summed E-state index contributed by atoms with van der Waals surface area (Å²) in [5.41, 5.74) is 0.648. The molecule has 0 bridgehead atoms. The molecule has 1 aromatic rings. The van der Waals surface area contributed by atoms with Gasteiger partial charge in [0.25, 0.3) is 0 Å². The molecule has 0 aromatic heterocycles. The van der Waals surface area contributed by atoms with Crippen molar-refractivity contribution in [1.82, 2.24) is 0 Å². The Kier molecular flexibility index (Phi) is 2.47. The SMILES string of the molecule is Cc1cc(Br)c(Br)cc1F. The molecule has 54 valence electrons. The van der Waals surface area contributed by atoms with Crippen LogP contribution in [0.3, 0.4) is 0 Å². The molecule has 0 saturated carbocycles. The molecule has 0 atom stereocenters. The van der Waals surface area contributed by atoms with Crippen LogP contribution in [0.2, 0.25) is 0 Å². The van der Waals surface area contributed by atoms with Crippen molar-refractivity contribution in [3.8, 4) is 0 Å². The molecule has 10 heavy (non-hydrogen) atoms. The van der Waals surface area contributed by atoms with Gasteiger partial charge in [-0.2, -0.15) is 0 Å². The van der Waals surface area contributed by atoms with Crippen LogP contribution in [0.1, 0.15) is 5.56 Å². The summed E-state index contributed by atoms with van der Waals surface area (Å²) in [6.45, 7) is 1.73. The lowest BCUT2D eigenvalue weighted by Gasteiger charge is -1.98. The van der Waals surface area contributed by atoms with Gasteiger partial charge < -0.3 is 0 Å². The van der Waals surface area contributed by atoms with Crippen molar-refractivity contribution in [1.29, 1.82) is 0 Å². The molecule has 3 heteroatoms. The third kappa shape index (κ3) is 1.58. The van der Waals surface area contributed by atoms with E-state index in [1.54, 1.807) is 13.0 Å². The number of aryl methyl sites for hydroxylation is 1. The highest BCUT2D eigenvalue weighted by Crippen LogP contribution is 2.25. The van der Waals surface area contributed by atoms with E-state index in [0.717, 1.165) is 8.95 Å². The van der Waals surface area contributed by atoms with Crippen molar-refractivity contribution in [2.75, 3.05) is 0 Å². The number of hydrogen-bond acceptors (Lipinski definition) is 0. The van der Waals surface area contributed by atoms with Crippen LogP contribution >= 0.6 is 31.9 Å². The number of benzene rings is 1. The molecule has 1 aromatic carbocycles. The third-order valence-electron chi connectivity index (χ3n) is 1.20. The predicted octanol–water partition coefficient (Wildman–Crippen LogP) is 3.66. The van der Waals surface area contributed by atoms with Gasteiger partial charge in [-0.15, -0.1) is 0 Å². The lowest BCUT2D eigenvalue weighted by molar-refractivity contribution is 0.617. The Labute approximate surface area is 75.7 Å². The van der Waals surface area contributed by atoms with Crippen LogP contribution in [-0.2, 0) is 0 Å². The molecule has 1 rings (SSSR count). The highest BCUT2D eigenvalue weighted by molar-refractivity contribution is 9.13. The standard InChI is InChI=1S/C7H5Br2F/c1-4-2-5(8)6(9)3-7(4)10/h2-3H,1H3. The number of hydrogen-bond donors (Lipinski definition) is 0. The van der Waals surface area contributed by atoms with Crippen LogP contribution in [0, 0.1) is 12.7 Å². The fourth-order valence-electron chi connectivity index (χ4n) is 0.622. The first-order chi connectivity index (χ1) is 4.61. The molecule has 0 aliphatic rings. The average molecular weight is 268 g/mol. The highest BCUT2D eigenvalue weighted by atomic mass is 79.9. The summed E-state index contributed by atoms with van der Waals surface area (Å²) >= 11 is 6.46. The van der Waals surface area contributed by atoms with E-state index in [1.165, 1.54) is 6.07 Å². The fraction of sp³-hybridized carbons (Fsp3) is 0.143. The monoisotopic (exact) mass is 266 g/mol.